The number of carbonyl (C=O) groups excluding carboxylic acids is 1. The highest BCUT2D eigenvalue weighted by molar-refractivity contribution is 5.77. The van der Waals surface area contributed by atoms with Gasteiger partial charge in [-0.05, 0) is 30.5 Å². The van der Waals surface area contributed by atoms with Gasteiger partial charge in [0.05, 0.1) is 13.7 Å². The molecule has 1 aromatic carbocycles. The van der Waals surface area contributed by atoms with Crippen LogP contribution in [0, 0.1) is 0 Å². The second kappa shape index (κ2) is 9.37. The summed E-state index contributed by atoms with van der Waals surface area (Å²) in [5.74, 6) is 0.893. The molecule has 0 aliphatic heterocycles. The van der Waals surface area contributed by atoms with Gasteiger partial charge in [0.1, 0.15) is 12.4 Å². The maximum absolute atomic E-state index is 12.0. The van der Waals surface area contributed by atoms with Crippen molar-refractivity contribution < 1.29 is 14.3 Å². The zero-order chi connectivity index (χ0) is 14.8. The van der Waals surface area contributed by atoms with Crippen LogP contribution in [0.4, 0.5) is 0 Å². The van der Waals surface area contributed by atoms with Gasteiger partial charge in [0, 0.05) is 13.1 Å². The quantitative estimate of drug-likeness (QED) is 0.697. The summed E-state index contributed by atoms with van der Waals surface area (Å²) in [6, 6.07) is 7.67. The van der Waals surface area contributed by atoms with Crippen LogP contribution >= 0.6 is 0 Å². The smallest absolute Gasteiger partial charge is 0.248 e. The third-order valence-corrected chi connectivity index (χ3v) is 2.99. The van der Waals surface area contributed by atoms with E-state index in [0.717, 1.165) is 37.2 Å². The number of amides is 1. The average Bonchev–Trinajstić information content (AvgIpc) is 2.47. The molecule has 0 saturated heterocycles. The summed E-state index contributed by atoms with van der Waals surface area (Å²) in [4.78, 5) is 13.9. The maximum Gasteiger partial charge on any atom is 0.248 e. The molecule has 4 nitrogen and oxygen atoms in total. The summed E-state index contributed by atoms with van der Waals surface area (Å²) in [5, 5.41) is 0. The maximum atomic E-state index is 12.0. The van der Waals surface area contributed by atoms with Gasteiger partial charge in [-0.2, -0.15) is 0 Å². The van der Waals surface area contributed by atoms with Gasteiger partial charge < -0.3 is 14.4 Å². The van der Waals surface area contributed by atoms with Crippen molar-refractivity contribution in [2.75, 3.05) is 26.8 Å². The number of ether oxygens (including phenoxy) is 2. The molecule has 20 heavy (non-hydrogen) atoms. The summed E-state index contributed by atoms with van der Waals surface area (Å²) >= 11 is 0. The second-order valence-corrected chi connectivity index (χ2v) is 4.72. The van der Waals surface area contributed by atoms with E-state index in [2.05, 4.69) is 13.8 Å². The summed E-state index contributed by atoms with van der Waals surface area (Å²) in [7, 11) is 1.64. The molecule has 0 fully saturated rings. The first-order valence-corrected chi connectivity index (χ1v) is 7.19. The molecule has 0 aromatic heterocycles. The molecular weight excluding hydrogens is 254 g/mol. The van der Waals surface area contributed by atoms with E-state index in [1.165, 1.54) is 0 Å². The Balaban J connectivity index is 2.35. The molecule has 0 heterocycles. The van der Waals surface area contributed by atoms with Gasteiger partial charge in [0.25, 0.3) is 0 Å². The molecule has 0 atom stereocenters. The van der Waals surface area contributed by atoms with Crippen molar-refractivity contribution >= 4 is 5.91 Å². The fourth-order valence-electron chi connectivity index (χ4n) is 1.97. The molecular formula is C16H25NO3. The van der Waals surface area contributed by atoms with E-state index in [-0.39, 0.29) is 12.5 Å². The summed E-state index contributed by atoms with van der Waals surface area (Å²) in [5.41, 5.74) is 1.04. The highest BCUT2D eigenvalue weighted by Crippen LogP contribution is 2.11. The lowest BCUT2D eigenvalue weighted by Crippen LogP contribution is -2.35. The summed E-state index contributed by atoms with van der Waals surface area (Å²) in [6.07, 6.45) is 1.95. The minimum atomic E-state index is 0.0715. The highest BCUT2D eigenvalue weighted by atomic mass is 16.5. The summed E-state index contributed by atoms with van der Waals surface area (Å²) in [6.45, 7) is 6.35. The number of benzene rings is 1. The van der Waals surface area contributed by atoms with E-state index in [1.807, 2.05) is 29.2 Å². The molecule has 0 saturated carbocycles. The molecule has 0 aliphatic carbocycles. The van der Waals surface area contributed by atoms with Crippen molar-refractivity contribution in [3.8, 4) is 5.75 Å². The number of carbonyl (C=O) groups is 1. The predicted octanol–water partition coefficient (Wildman–Crippen LogP) is 2.86. The van der Waals surface area contributed by atoms with E-state index in [1.54, 1.807) is 7.11 Å². The van der Waals surface area contributed by atoms with Crippen LogP contribution in [-0.2, 0) is 16.1 Å². The van der Waals surface area contributed by atoms with Crippen LogP contribution in [-0.4, -0.2) is 37.6 Å². The van der Waals surface area contributed by atoms with Gasteiger partial charge in [0.15, 0.2) is 0 Å². The number of methoxy groups -OCH3 is 1. The number of hydrogen-bond acceptors (Lipinski definition) is 3. The Kier molecular flexibility index (Phi) is 7.73. The third kappa shape index (κ3) is 5.61. The monoisotopic (exact) mass is 279 g/mol. The van der Waals surface area contributed by atoms with Crippen molar-refractivity contribution in [1.82, 2.24) is 4.90 Å². The molecule has 1 aromatic rings. The lowest BCUT2D eigenvalue weighted by atomic mass is 10.2. The molecule has 1 rings (SSSR count). The normalized spacial score (nSPS) is 10.3. The van der Waals surface area contributed by atoms with Crippen molar-refractivity contribution in [2.24, 2.45) is 0 Å². The van der Waals surface area contributed by atoms with E-state index in [0.29, 0.717) is 6.61 Å². The standard InChI is InChI=1S/C16H25NO3/c1-4-10-17(11-5-2)16(18)13-20-12-14-6-8-15(19-3)9-7-14/h6-9H,4-5,10-13H2,1-3H3. The fourth-order valence-corrected chi connectivity index (χ4v) is 1.97. The number of hydrogen-bond donors (Lipinski definition) is 0. The molecule has 4 heteroatoms. The molecule has 1 amide bonds. The largest absolute Gasteiger partial charge is 0.497 e. The van der Waals surface area contributed by atoms with Crippen LogP contribution in [0.5, 0.6) is 5.75 Å². The average molecular weight is 279 g/mol. The Morgan fingerprint density at radius 2 is 1.70 bits per heavy atom. The van der Waals surface area contributed by atoms with E-state index >= 15 is 0 Å². The van der Waals surface area contributed by atoms with Gasteiger partial charge in [0.2, 0.25) is 5.91 Å². The topological polar surface area (TPSA) is 38.8 Å². The van der Waals surface area contributed by atoms with Crippen LogP contribution in [0.15, 0.2) is 24.3 Å². The first-order chi connectivity index (χ1) is 9.71. The molecule has 0 N–H and O–H groups in total. The molecule has 0 bridgehead atoms. The van der Waals surface area contributed by atoms with E-state index < -0.39 is 0 Å². The highest BCUT2D eigenvalue weighted by Gasteiger charge is 2.11. The Labute approximate surface area is 121 Å². The Morgan fingerprint density at radius 1 is 1.10 bits per heavy atom. The van der Waals surface area contributed by atoms with Gasteiger partial charge in [-0.3, -0.25) is 4.79 Å². The zero-order valence-electron chi connectivity index (χ0n) is 12.7. The first kappa shape index (κ1) is 16.5. The lowest BCUT2D eigenvalue weighted by molar-refractivity contribution is -0.136. The minimum Gasteiger partial charge on any atom is -0.497 e. The van der Waals surface area contributed by atoms with Gasteiger partial charge >= 0.3 is 0 Å². The molecule has 0 unspecified atom stereocenters. The van der Waals surface area contributed by atoms with Crippen molar-refractivity contribution in [3.05, 3.63) is 29.8 Å². The minimum absolute atomic E-state index is 0.0715. The predicted molar refractivity (Wildman–Crippen MR) is 79.8 cm³/mol. The first-order valence-electron chi connectivity index (χ1n) is 7.19. The Hall–Kier alpha value is -1.55. The number of nitrogens with zero attached hydrogens (tertiary/aromatic N) is 1. The summed E-state index contributed by atoms with van der Waals surface area (Å²) < 4.78 is 10.6. The lowest BCUT2D eigenvalue weighted by Gasteiger charge is -2.21. The second-order valence-electron chi connectivity index (χ2n) is 4.72. The zero-order valence-corrected chi connectivity index (χ0v) is 12.7. The molecule has 0 aliphatic rings. The van der Waals surface area contributed by atoms with Crippen LogP contribution in [0.2, 0.25) is 0 Å². The third-order valence-electron chi connectivity index (χ3n) is 2.99. The van der Waals surface area contributed by atoms with Crippen molar-refractivity contribution in [2.45, 2.75) is 33.3 Å². The SMILES string of the molecule is CCCN(CCC)C(=O)COCc1ccc(OC)cc1. The van der Waals surface area contributed by atoms with E-state index in [9.17, 15) is 4.79 Å². The fraction of sp³-hybridized carbons (Fsp3) is 0.562. The van der Waals surface area contributed by atoms with E-state index in [4.69, 9.17) is 9.47 Å². The molecule has 0 radical (unpaired) electrons. The molecule has 0 spiro atoms. The van der Waals surface area contributed by atoms with Crippen molar-refractivity contribution in [1.29, 1.82) is 0 Å². The number of rotatable bonds is 9. The van der Waals surface area contributed by atoms with Gasteiger partial charge in [-0.1, -0.05) is 26.0 Å². The van der Waals surface area contributed by atoms with Crippen LogP contribution in [0.3, 0.4) is 0 Å². The molecule has 112 valence electrons. The van der Waals surface area contributed by atoms with Gasteiger partial charge in [-0.25, -0.2) is 0 Å². The Morgan fingerprint density at radius 3 is 2.20 bits per heavy atom. The van der Waals surface area contributed by atoms with Crippen LogP contribution < -0.4 is 4.74 Å². The Bertz CT molecular complexity index is 383. The van der Waals surface area contributed by atoms with Crippen LogP contribution in [0.25, 0.3) is 0 Å². The van der Waals surface area contributed by atoms with Crippen molar-refractivity contribution in [3.63, 3.8) is 0 Å². The van der Waals surface area contributed by atoms with Gasteiger partial charge in [-0.15, -0.1) is 0 Å². The van der Waals surface area contributed by atoms with Crippen LogP contribution in [0.1, 0.15) is 32.3 Å².